The van der Waals surface area contributed by atoms with E-state index in [0.717, 1.165) is 0 Å². The van der Waals surface area contributed by atoms with Crippen molar-refractivity contribution in [1.29, 1.82) is 0 Å². The van der Waals surface area contributed by atoms with E-state index in [1.54, 1.807) is 0 Å². The van der Waals surface area contributed by atoms with Gasteiger partial charge in [0.25, 0.3) is 5.91 Å². The van der Waals surface area contributed by atoms with Gasteiger partial charge in [0.15, 0.2) is 0 Å². The molecular weight excluding hydrogens is 294 g/mol. The Labute approximate surface area is 123 Å². The summed E-state index contributed by atoms with van der Waals surface area (Å²) in [6, 6.07) is 5.57. The third-order valence-corrected chi connectivity index (χ3v) is 5.33. The number of rotatable bonds is 4. The maximum atomic E-state index is 12.1. The van der Waals surface area contributed by atoms with E-state index in [2.05, 4.69) is 10.3 Å². The molecule has 21 heavy (non-hydrogen) atoms. The molecule has 0 aromatic heterocycles. The van der Waals surface area contributed by atoms with Crippen molar-refractivity contribution in [3.63, 3.8) is 0 Å². The van der Waals surface area contributed by atoms with Crippen LogP contribution >= 0.6 is 0 Å². The molecule has 116 valence electrons. The van der Waals surface area contributed by atoms with Crippen LogP contribution in [0, 0.1) is 0 Å². The molecule has 7 nitrogen and oxygen atoms in total. The van der Waals surface area contributed by atoms with E-state index in [4.69, 9.17) is 10.8 Å². The number of hydrogen-bond donors (Lipinski definition) is 4. The standard InChI is InChI=1S/C13H19N3O4S/c14-10-3-7-12(8-4-10)21(19,20)16-15-13(18)9-1-5-11(17)6-2-9/h1-2,5-6,10,12,16-17H,3-4,7-8,14H2,(H,15,18)/t10-,12+. The van der Waals surface area contributed by atoms with Gasteiger partial charge in [0.2, 0.25) is 10.0 Å². The van der Waals surface area contributed by atoms with Gasteiger partial charge in [-0.3, -0.25) is 10.2 Å². The Kier molecular flexibility index (Phi) is 4.81. The van der Waals surface area contributed by atoms with E-state index in [9.17, 15) is 13.2 Å². The molecule has 0 unspecified atom stereocenters. The van der Waals surface area contributed by atoms with Crippen LogP contribution in [0.2, 0.25) is 0 Å². The molecule has 2 rings (SSSR count). The highest BCUT2D eigenvalue weighted by Gasteiger charge is 2.29. The van der Waals surface area contributed by atoms with Crippen LogP contribution < -0.4 is 16.0 Å². The number of hydrogen-bond acceptors (Lipinski definition) is 5. The fourth-order valence-electron chi connectivity index (χ4n) is 2.28. The molecule has 0 bridgehead atoms. The lowest BCUT2D eigenvalue weighted by atomic mass is 9.96. The molecule has 0 saturated heterocycles. The summed E-state index contributed by atoms with van der Waals surface area (Å²) >= 11 is 0. The minimum absolute atomic E-state index is 0.0330. The first-order valence-corrected chi connectivity index (χ1v) is 8.28. The van der Waals surface area contributed by atoms with E-state index in [1.807, 2.05) is 0 Å². The molecule has 8 heteroatoms. The number of phenolic OH excluding ortho intramolecular Hbond substituents is 1. The third-order valence-electron chi connectivity index (χ3n) is 3.59. The Morgan fingerprint density at radius 2 is 1.71 bits per heavy atom. The van der Waals surface area contributed by atoms with Gasteiger partial charge in [0.05, 0.1) is 5.25 Å². The van der Waals surface area contributed by atoms with E-state index in [0.29, 0.717) is 25.7 Å². The number of hydrazine groups is 1. The molecule has 0 heterocycles. The fourth-order valence-corrected chi connectivity index (χ4v) is 3.58. The van der Waals surface area contributed by atoms with E-state index in [-0.39, 0.29) is 17.4 Å². The summed E-state index contributed by atoms with van der Waals surface area (Å²) in [7, 11) is -3.60. The highest BCUT2D eigenvalue weighted by Crippen LogP contribution is 2.22. The summed E-state index contributed by atoms with van der Waals surface area (Å²) in [6.45, 7) is 0. The second kappa shape index (κ2) is 6.42. The predicted octanol–water partition coefficient (Wildman–Crippen LogP) is 0.226. The van der Waals surface area contributed by atoms with Crippen molar-refractivity contribution >= 4 is 15.9 Å². The second-order valence-corrected chi connectivity index (χ2v) is 7.15. The first-order chi connectivity index (χ1) is 9.88. The molecular formula is C13H19N3O4S. The Bertz CT molecular complexity index is 592. The number of nitrogens with one attached hydrogen (secondary N) is 2. The molecule has 1 saturated carbocycles. The molecule has 1 fully saturated rings. The molecule has 1 aromatic rings. The summed E-state index contributed by atoms with van der Waals surface area (Å²) in [5.41, 5.74) is 8.17. The van der Waals surface area contributed by atoms with E-state index in [1.165, 1.54) is 24.3 Å². The smallest absolute Gasteiger partial charge is 0.266 e. The van der Waals surface area contributed by atoms with Gasteiger partial charge in [-0.25, -0.2) is 8.42 Å². The monoisotopic (exact) mass is 313 g/mol. The van der Waals surface area contributed by atoms with Crippen LogP contribution in [0.5, 0.6) is 5.75 Å². The number of sulfonamides is 1. The van der Waals surface area contributed by atoms with Crippen LogP contribution in [0.25, 0.3) is 0 Å². The maximum absolute atomic E-state index is 12.1. The largest absolute Gasteiger partial charge is 0.508 e. The average molecular weight is 313 g/mol. The van der Waals surface area contributed by atoms with E-state index < -0.39 is 21.2 Å². The number of carbonyl (C=O) groups is 1. The van der Waals surface area contributed by atoms with Gasteiger partial charge in [-0.05, 0) is 49.9 Å². The van der Waals surface area contributed by atoms with E-state index >= 15 is 0 Å². The van der Waals surface area contributed by atoms with Gasteiger partial charge in [0, 0.05) is 11.6 Å². The number of carbonyl (C=O) groups excluding carboxylic acids is 1. The predicted molar refractivity (Wildman–Crippen MR) is 77.9 cm³/mol. The topological polar surface area (TPSA) is 122 Å². The number of benzene rings is 1. The zero-order valence-electron chi connectivity index (χ0n) is 11.5. The highest BCUT2D eigenvalue weighted by atomic mass is 32.2. The number of amides is 1. The van der Waals surface area contributed by atoms with Crippen molar-refractivity contribution in [3.8, 4) is 5.75 Å². The first-order valence-electron chi connectivity index (χ1n) is 6.74. The van der Waals surface area contributed by atoms with Crippen molar-refractivity contribution in [2.75, 3.05) is 0 Å². The maximum Gasteiger partial charge on any atom is 0.266 e. The van der Waals surface area contributed by atoms with Crippen LogP contribution in [-0.4, -0.2) is 30.7 Å². The van der Waals surface area contributed by atoms with Crippen LogP contribution in [0.3, 0.4) is 0 Å². The van der Waals surface area contributed by atoms with Crippen molar-refractivity contribution in [2.45, 2.75) is 37.0 Å². The minimum atomic E-state index is -3.60. The average Bonchev–Trinajstić information content (AvgIpc) is 2.46. The van der Waals surface area contributed by atoms with Gasteiger partial charge in [-0.1, -0.05) is 0 Å². The third kappa shape index (κ3) is 4.16. The molecule has 1 amide bonds. The molecule has 0 spiro atoms. The van der Waals surface area contributed by atoms with Crippen molar-refractivity contribution in [2.24, 2.45) is 5.73 Å². The lowest BCUT2D eigenvalue weighted by Gasteiger charge is -2.25. The summed E-state index contributed by atoms with van der Waals surface area (Å²) in [4.78, 5) is 13.9. The molecule has 0 aliphatic heterocycles. The van der Waals surface area contributed by atoms with Gasteiger partial charge >= 0.3 is 0 Å². The zero-order chi connectivity index (χ0) is 15.5. The Hall–Kier alpha value is -1.64. The minimum Gasteiger partial charge on any atom is -0.508 e. The highest BCUT2D eigenvalue weighted by molar-refractivity contribution is 7.90. The Morgan fingerprint density at radius 1 is 1.14 bits per heavy atom. The lowest BCUT2D eigenvalue weighted by molar-refractivity contribution is 0.0945. The second-order valence-electron chi connectivity index (χ2n) is 5.18. The molecule has 5 N–H and O–H groups in total. The number of nitrogens with two attached hydrogens (primary N) is 1. The van der Waals surface area contributed by atoms with Crippen molar-refractivity contribution < 1.29 is 18.3 Å². The molecule has 1 aliphatic rings. The fraction of sp³-hybridized carbons (Fsp3) is 0.462. The van der Waals surface area contributed by atoms with Gasteiger partial charge < -0.3 is 10.8 Å². The number of aromatic hydroxyl groups is 1. The van der Waals surface area contributed by atoms with Crippen molar-refractivity contribution in [1.82, 2.24) is 10.3 Å². The van der Waals surface area contributed by atoms with Gasteiger partial charge in [-0.2, -0.15) is 0 Å². The SMILES string of the molecule is N[C@H]1CC[C@@H](S(=O)(=O)NNC(=O)c2ccc(O)cc2)CC1. The first kappa shape index (κ1) is 15.7. The summed E-state index contributed by atoms with van der Waals surface area (Å²) in [5, 5.41) is 8.61. The summed E-state index contributed by atoms with van der Waals surface area (Å²) < 4.78 is 24.2. The normalized spacial score (nSPS) is 22.7. The van der Waals surface area contributed by atoms with Crippen LogP contribution in [0.4, 0.5) is 0 Å². The molecule has 0 atom stereocenters. The van der Waals surface area contributed by atoms with Crippen LogP contribution in [0.15, 0.2) is 24.3 Å². The van der Waals surface area contributed by atoms with Crippen molar-refractivity contribution in [3.05, 3.63) is 29.8 Å². The quantitative estimate of drug-likeness (QED) is 0.593. The lowest BCUT2D eigenvalue weighted by Crippen LogP contribution is -2.47. The van der Waals surface area contributed by atoms with Crippen LogP contribution in [-0.2, 0) is 10.0 Å². The molecule has 1 aliphatic carbocycles. The molecule has 0 radical (unpaired) electrons. The van der Waals surface area contributed by atoms with Gasteiger partial charge in [0.1, 0.15) is 5.75 Å². The van der Waals surface area contributed by atoms with Crippen LogP contribution in [0.1, 0.15) is 36.0 Å². The number of phenols is 1. The Balaban J connectivity index is 1.92. The summed E-state index contributed by atoms with van der Waals surface area (Å²) in [6.07, 6.45) is 2.31. The summed E-state index contributed by atoms with van der Waals surface area (Å²) in [5.74, 6) is -0.545. The zero-order valence-corrected chi connectivity index (χ0v) is 12.3. The molecule has 1 aromatic carbocycles. The van der Waals surface area contributed by atoms with Gasteiger partial charge in [-0.15, -0.1) is 4.83 Å². The Morgan fingerprint density at radius 3 is 2.29 bits per heavy atom.